The van der Waals surface area contributed by atoms with Gasteiger partial charge in [-0.15, -0.1) is 0 Å². The molecule has 0 radical (unpaired) electrons. The third-order valence-electron chi connectivity index (χ3n) is 4.39. The molecule has 0 heterocycles. The molecule has 0 unspecified atom stereocenters. The Morgan fingerprint density at radius 2 is 1.96 bits per heavy atom. The molecule has 1 aromatic carbocycles. The molecule has 126 valence electrons. The van der Waals surface area contributed by atoms with Gasteiger partial charge < -0.3 is 21.7 Å². The minimum atomic E-state index is -0.356. The first kappa shape index (κ1) is 17.1. The molecule has 6 nitrogen and oxygen atoms in total. The number of hydrogen-bond donors (Lipinski definition) is 3. The largest absolute Gasteiger partial charge is 0.397 e. The van der Waals surface area contributed by atoms with E-state index in [0.29, 0.717) is 12.2 Å². The lowest BCUT2D eigenvalue weighted by Gasteiger charge is -2.27. The van der Waals surface area contributed by atoms with Crippen LogP contribution in [0, 0.1) is 5.92 Å². The van der Waals surface area contributed by atoms with E-state index in [1.165, 1.54) is 6.42 Å². The summed E-state index contributed by atoms with van der Waals surface area (Å²) in [7, 11) is 1.80. The highest BCUT2D eigenvalue weighted by Crippen LogP contribution is 2.29. The van der Waals surface area contributed by atoms with Crippen LogP contribution in [0.4, 0.5) is 17.1 Å². The number of carbonyl (C=O) groups excluding carboxylic acids is 2. The maximum absolute atomic E-state index is 12.6. The van der Waals surface area contributed by atoms with Gasteiger partial charge in [0.1, 0.15) is 0 Å². The second-order valence-electron chi connectivity index (χ2n) is 6.15. The molecule has 23 heavy (non-hydrogen) atoms. The summed E-state index contributed by atoms with van der Waals surface area (Å²) in [6, 6.07) is 5.48. The van der Waals surface area contributed by atoms with E-state index in [-0.39, 0.29) is 24.2 Å². The molecule has 2 amide bonds. The predicted molar refractivity (Wildman–Crippen MR) is 93.1 cm³/mol. The Balaban J connectivity index is 2.00. The highest BCUT2D eigenvalue weighted by Gasteiger charge is 2.24. The fraction of sp³-hybridized carbons (Fsp3) is 0.529. The van der Waals surface area contributed by atoms with Gasteiger partial charge in [0.15, 0.2) is 0 Å². The van der Waals surface area contributed by atoms with Crippen molar-refractivity contribution in [2.45, 2.75) is 38.5 Å². The van der Waals surface area contributed by atoms with E-state index in [1.54, 1.807) is 18.0 Å². The van der Waals surface area contributed by atoms with E-state index in [4.69, 9.17) is 11.5 Å². The molecule has 0 aliphatic heterocycles. The molecule has 1 aliphatic carbocycles. The molecule has 2 rings (SSSR count). The van der Waals surface area contributed by atoms with Gasteiger partial charge in [-0.25, -0.2) is 0 Å². The van der Waals surface area contributed by atoms with Gasteiger partial charge in [-0.2, -0.15) is 0 Å². The lowest BCUT2D eigenvalue weighted by Crippen LogP contribution is -2.34. The van der Waals surface area contributed by atoms with Crippen molar-refractivity contribution >= 4 is 28.9 Å². The van der Waals surface area contributed by atoms with Crippen LogP contribution >= 0.6 is 0 Å². The van der Waals surface area contributed by atoms with Crippen LogP contribution in [0.3, 0.4) is 0 Å². The summed E-state index contributed by atoms with van der Waals surface area (Å²) in [4.78, 5) is 25.0. The number of rotatable bonds is 6. The standard InChI is InChI=1S/C17H26N4O2/c1-21(17(23)12-5-3-2-4-6-12)13-7-8-15(14(18)11-13)20-10-9-16(19)22/h7-8,11-12,20H,2-6,9-10,18H2,1H3,(H2,19,22). The van der Waals surface area contributed by atoms with Crippen molar-refractivity contribution in [1.82, 2.24) is 0 Å². The second kappa shape index (κ2) is 7.85. The minimum absolute atomic E-state index is 0.128. The van der Waals surface area contributed by atoms with Gasteiger partial charge in [-0.3, -0.25) is 9.59 Å². The monoisotopic (exact) mass is 318 g/mol. The Bertz CT molecular complexity index is 568. The lowest BCUT2D eigenvalue weighted by atomic mass is 9.88. The van der Waals surface area contributed by atoms with Crippen molar-refractivity contribution in [2.24, 2.45) is 11.7 Å². The molecule has 5 N–H and O–H groups in total. The number of amides is 2. The maximum Gasteiger partial charge on any atom is 0.229 e. The zero-order valence-electron chi connectivity index (χ0n) is 13.7. The maximum atomic E-state index is 12.6. The van der Waals surface area contributed by atoms with Gasteiger partial charge in [-0.05, 0) is 31.0 Å². The SMILES string of the molecule is CN(C(=O)C1CCCCC1)c1ccc(NCCC(N)=O)c(N)c1. The molecule has 1 aliphatic rings. The van der Waals surface area contributed by atoms with Crippen LogP contribution in [-0.4, -0.2) is 25.4 Å². The summed E-state index contributed by atoms with van der Waals surface area (Å²) in [5.74, 6) is -0.0626. The molecule has 1 fully saturated rings. The van der Waals surface area contributed by atoms with Crippen LogP contribution in [-0.2, 0) is 9.59 Å². The van der Waals surface area contributed by atoms with Gasteiger partial charge in [0.2, 0.25) is 11.8 Å². The number of nitrogens with two attached hydrogens (primary N) is 2. The zero-order chi connectivity index (χ0) is 16.8. The van der Waals surface area contributed by atoms with Crippen molar-refractivity contribution in [3.63, 3.8) is 0 Å². The first-order valence-electron chi connectivity index (χ1n) is 8.18. The third-order valence-corrected chi connectivity index (χ3v) is 4.39. The highest BCUT2D eigenvalue weighted by molar-refractivity contribution is 5.95. The molecule has 6 heteroatoms. The summed E-state index contributed by atoms with van der Waals surface area (Å²) in [6.45, 7) is 0.440. The lowest BCUT2D eigenvalue weighted by molar-refractivity contribution is -0.123. The fourth-order valence-electron chi connectivity index (χ4n) is 2.99. The number of hydrogen-bond acceptors (Lipinski definition) is 4. The normalized spacial score (nSPS) is 15.2. The Morgan fingerprint density at radius 3 is 2.57 bits per heavy atom. The Kier molecular flexibility index (Phi) is 5.84. The Morgan fingerprint density at radius 1 is 1.26 bits per heavy atom. The van der Waals surface area contributed by atoms with Crippen LogP contribution in [0.1, 0.15) is 38.5 Å². The summed E-state index contributed by atoms with van der Waals surface area (Å²) in [5, 5.41) is 3.07. The Labute approximate surface area is 137 Å². The zero-order valence-corrected chi connectivity index (χ0v) is 13.7. The van der Waals surface area contributed by atoms with Crippen molar-refractivity contribution in [3.05, 3.63) is 18.2 Å². The fourth-order valence-corrected chi connectivity index (χ4v) is 2.99. The molecule has 1 aromatic rings. The molecule has 0 saturated heterocycles. The van der Waals surface area contributed by atoms with Crippen LogP contribution in [0.25, 0.3) is 0 Å². The average Bonchev–Trinajstić information content (AvgIpc) is 2.55. The molecular formula is C17H26N4O2. The number of nitrogens with zero attached hydrogens (tertiary/aromatic N) is 1. The molecule has 0 atom stereocenters. The highest BCUT2D eigenvalue weighted by atomic mass is 16.2. The van der Waals surface area contributed by atoms with Crippen LogP contribution in [0.2, 0.25) is 0 Å². The quantitative estimate of drug-likeness (QED) is 0.699. The summed E-state index contributed by atoms with van der Waals surface area (Å²) < 4.78 is 0. The van der Waals surface area contributed by atoms with E-state index < -0.39 is 0 Å². The van der Waals surface area contributed by atoms with Crippen LogP contribution in [0.5, 0.6) is 0 Å². The van der Waals surface area contributed by atoms with Crippen LogP contribution in [0.15, 0.2) is 18.2 Å². The summed E-state index contributed by atoms with van der Waals surface area (Å²) in [5.41, 5.74) is 13.2. The number of benzene rings is 1. The van der Waals surface area contributed by atoms with Gasteiger partial charge in [0.05, 0.1) is 11.4 Å². The third kappa shape index (κ3) is 4.61. The van der Waals surface area contributed by atoms with Crippen molar-refractivity contribution in [1.29, 1.82) is 0 Å². The van der Waals surface area contributed by atoms with E-state index >= 15 is 0 Å². The first-order valence-corrected chi connectivity index (χ1v) is 8.18. The molecule has 0 aromatic heterocycles. The number of anilines is 3. The van der Waals surface area contributed by atoms with Crippen molar-refractivity contribution < 1.29 is 9.59 Å². The summed E-state index contributed by atoms with van der Waals surface area (Å²) >= 11 is 0. The van der Waals surface area contributed by atoms with E-state index in [2.05, 4.69) is 5.32 Å². The van der Waals surface area contributed by atoms with Gasteiger partial charge in [0, 0.05) is 31.6 Å². The predicted octanol–water partition coefficient (Wildman–Crippen LogP) is 2.10. The first-order chi connectivity index (χ1) is 11.0. The van der Waals surface area contributed by atoms with E-state index in [9.17, 15) is 9.59 Å². The van der Waals surface area contributed by atoms with Crippen molar-refractivity contribution in [3.8, 4) is 0 Å². The minimum Gasteiger partial charge on any atom is -0.397 e. The molecule has 0 bridgehead atoms. The topological polar surface area (TPSA) is 101 Å². The summed E-state index contributed by atoms with van der Waals surface area (Å²) in [6.07, 6.45) is 5.70. The number of nitrogen functional groups attached to an aromatic ring is 1. The van der Waals surface area contributed by atoms with E-state index in [0.717, 1.165) is 37.1 Å². The molecule has 1 saturated carbocycles. The number of nitrogens with one attached hydrogen (secondary N) is 1. The van der Waals surface area contributed by atoms with Gasteiger partial charge >= 0.3 is 0 Å². The van der Waals surface area contributed by atoms with Gasteiger partial charge in [-0.1, -0.05) is 19.3 Å². The molecule has 0 spiro atoms. The average molecular weight is 318 g/mol. The molecular weight excluding hydrogens is 292 g/mol. The van der Waals surface area contributed by atoms with E-state index in [1.807, 2.05) is 12.1 Å². The van der Waals surface area contributed by atoms with Crippen LogP contribution < -0.4 is 21.7 Å². The number of carbonyl (C=O) groups is 2. The Hall–Kier alpha value is -2.24. The second-order valence-corrected chi connectivity index (χ2v) is 6.15. The number of primary amides is 1. The smallest absolute Gasteiger partial charge is 0.229 e. The van der Waals surface area contributed by atoms with Gasteiger partial charge in [0.25, 0.3) is 0 Å². The van der Waals surface area contributed by atoms with Crippen molar-refractivity contribution in [2.75, 3.05) is 29.5 Å².